The maximum absolute atomic E-state index is 12.7. The number of para-hydroxylation sites is 1. The first kappa shape index (κ1) is 16.6. The van der Waals surface area contributed by atoms with Crippen molar-refractivity contribution in [1.82, 2.24) is 4.72 Å². The summed E-state index contributed by atoms with van der Waals surface area (Å²) in [7, 11) is -0.804. The fourth-order valence-electron chi connectivity index (χ4n) is 2.68. The fourth-order valence-corrected chi connectivity index (χ4v) is 4.05. The van der Waals surface area contributed by atoms with Crippen LogP contribution in [0.3, 0.4) is 0 Å². The van der Waals surface area contributed by atoms with Gasteiger partial charge in [-0.2, -0.15) is 0 Å². The molecule has 1 aliphatic heterocycles. The Labute approximate surface area is 141 Å². The maximum Gasteiger partial charge on any atom is 0.244 e. The van der Waals surface area contributed by atoms with Crippen LogP contribution in [0.5, 0.6) is 17.2 Å². The van der Waals surface area contributed by atoms with Crippen LogP contribution in [0.25, 0.3) is 0 Å². The van der Waals surface area contributed by atoms with Crippen molar-refractivity contribution in [1.29, 1.82) is 0 Å². The molecule has 0 saturated heterocycles. The van der Waals surface area contributed by atoms with Gasteiger partial charge in [0.1, 0.15) is 28.8 Å². The number of benzene rings is 2. The van der Waals surface area contributed by atoms with E-state index in [2.05, 4.69) is 4.72 Å². The van der Waals surface area contributed by atoms with Gasteiger partial charge in [0.25, 0.3) is 0 Å². The van der Waals surface area contributed by atoms with Crippen molar-refractivity contribution in [2.45, 2.75) is 17.4 Å². The van der Waals surface area contributed by atoms with E-state index in [1.54, 1.807) is 12.1 Å². The van der Waals surface area contributed by atoms with E-state index in [0.29, 0.717) is 12.2 Å². The topological polar surface area (TPSA) is 73.9 Å². The van der Waals surface area contributed by atoms with Gasteiger partial charge in [0.15, 0.2) is 0 Å². The zero-order valence-corrected chi connectivity index (χ0v) is 14.3. The van der Waals surface area contributed by atoms with E-state index in [-0.39, 0.29) is 23.3 Å². The van der Waals surface area contributed by atoms with Gasteiger partial charge in [0.05, 0.1) is 20.3 Å². The fraction of sp³-hybridized carbons (Fsp3) is 0.294. The number of ether oxygens (including phenoxy) is 3. The standard InChI is InChI=1S/C17H19NO5S/c1-21-14-7-8-17(16(10-14)22-2)24(19,20)18-13-9-12-5-3-4-6-15(12)23-11-13/h3-8,10,13,18H,9,11H2,1-2H3. The van der Waals surface area contributed by atoms with E-state index >= 15 is 0 Å². The zero-order valence-electron chi connectivity index (χ0n) is 13.5. The Morgan fingerprint density at radius 2 is 1.92 bits per heavy atom. The maximum atomic E-state index is 12.7. The number of rotatable bonds is 5. The second-order valence-electron chi connectivity index (χ2n) is 5.46. The number of hydrogen-bond acceptors (Lipinski definition) is 5. The summed E-state index contributed by atoms with van der Waals surface area (Å²) in [6.07, 6.45) is 0.577. The number of sulfonamides is 1. The summed E-state index contributed by atoms with van der Waals surface area (Å²) in [5.74, 6) is 1.56. The average molecular weight is 349 g/mol. The molecule has 0 saturated carbocycles. The Balaban J connectivity index is 1.82. The minimum Gasteiger partial charge on any atom is -0.497 e. The van der Waals surface area contributed by atoms with Crippen LogP contribution in [0.15, 0.2) is 47.4 Å². The Morgan fingerprint density at radius 3 is 2.67 bits per heavy atom. The van der Waals surface area contributed by atoms with Crippen molar-refractivity contribution in [2.24, 2.45) is 0 Å². The first-order valence-corrected chi connectivity index (χ1v) is 8.97. The molecular weight excluding hydrogens is 330 g/mol. The van der Waals surface area contributed by atoms with Crippen molar-refractivity contribution in [3.05, 3.63) is 48.0 Å². The van der Waals surface area contributed by atoms with E-state index in [0.717, 1.165) is 11.3 Å². The van der Waals surface area contributed by atoms with Crippen LogP contribution in [0, 0.1) is 0 Å². The first-order chi connectivity index (χ1) is 11.5. The smallest absolute Gasteiger partial charge is 0.244 e. The van der Waals surface area contributed by atoms with Gasteiger partial charge in [-0.3, -0.25) is 0 Å². The molecule has 3 rings (SSSR count). The van der Waals surface area contributed by atoms with Crippen molar-refractivity contribution in [2.75, 3.05) is 20.8 Å². The van der Waals surface area contributed by atoms with Crippen LogP contribution in [0.1, 0.15) is 5.56 Å². The predicted molar refractivity (Wildman–Crippen MR) is 89.3 cm³/mol. The molecule has 2 aromatic rings. The van der Waals surface area contributed by atoms with Crippen molar-refractivity contribution < 1.29 is 22.6 Å². The monoisotopic (exact) mass is 349 g/mol. The summed E-state index contributed by atoms with van der Waals surface area (Å²) in [5, 5.41) is 0. The second-order valence-corrected chi connectivity index (χ2v) is 7.14. The Bertz CT molecular complexity index is 835. The van der Waals surface area contributed by atoms with Crippen LogP contribution in [-0.2, 0) is 16.4 Å². The predicted octanol–water partition coefficient (Wildman–Crippen LogP) is 1.99. The lowest BCUT2D eigenvalue weighted by atomic mass is 10.0. The third kappa shape index (κ3) is 3.32. The van der Waals surface area contributed by atoms with E-state index in [9.17, 15) is 8.42 Å². The Hall–Kier alpha value is -2.25. The van der Waals surface area contributed by atoms with Crippen LogP contribution in [0.2, 0.25) is 0 Å². The summed E-state index contributed by atoms with van der Waals surface area (Å²) in [6, 6.07) is 11.9. The summed E-state index contributed by atoms with van der Waals surface area (Å²) in [4.78, 5) is 0.0738. The normalized spacial score (nSPS) is 16.8. The number of fused-ring (bicyclic) bond motifs is 1. The van der Waals surface area contributed by atoms with Gasteiger partial charge in [-0.15, -0.1) is 0 Å². The molecule has 128 valence electrons. The zero-order chi connectivity index (χ0) is 17.2. The molecule has 1 N–H and O–H groups in total. The quantitative estimate of drug-likeness (QED) is 0.894. The molecule has 1 heterocycles. The molecule has 1 atom stereocenters. The number of nitrogens with one attached hydrogen (secondary N) is 1. The Morgan fingerprint density at radius 1 is 1.12 bits per heavy atom. The number of hydrogen-bond donors (Lipinski definition) is 1. The van der Waals surface area contributed by atoms with Crippen LogP contribution in [-0.4, -0.2) is 35.3 Å². The average Bonchev–Trinajstić information content (AvgIpc) is 2.60. The summed E-state index contributed by atoms with van der Waals surface area (Å²) in [6.45, 7) is 0.286. The Kier molecular flexibility index (Phi) is 4.64. The SMILES string of the molecule is COc1ccc(S(=O)(=O)NC2COc3ccccc3C2)c(OC)c1. The highest BCUT2D eigenvalue weighted by Gasteiger charge is 2.27. The lowest BCUT2D eigenvalue weighted by Gasteiger charge is -2.26. The van der Waals surface area contributed by atoms with Gasteiger partial charge in [-0.1, -0.05) is 18.2 Å². The van der Waals surface area contributed by atoms with Gasteiger partial charge in [0.2, 0.25) is 10.0 Å². The van der Waals surface area contributed by atoms with Crippen LogP contribution in [0.4, 0.5) is 0 Å². The molecule has 1 unspecified atom stereocenters. The first-order valence-electron chi connectivity index (χ1n) is 7.48. The summed E-state index contributed by atoms with van der Waals surface area (Å²) >= 11 is 0. The molecule has 2 aromatic carbocycles. The summed E-state index contributed by atoms with van der Waals surface area (Å²) in [5.41, 5.74) is 0.984. The third-order valence-corrected chi connectivity index (χ3v) is 5.42. The molecule has 0 spiro atoms. The van der Waals surface area contributed by atoms with Gasteiger partial charge < -0.3 is 14.2 Å². The minimum absolute atomic E-state index is 0.0738. The van der Waals surface area contributed by atoms with Crippen molar-refractivity contribution in [3.8, 4) is 17.2 Å². The molecule has 0 aliphatic carbocycles. The molecular formula is C17H19NO5S. The highest BCUT2D eigenvalue weighted by Crippen LogP contribution is 2.29. The van der Waals surface area contributed by atoms with Crippen LogP contribution >= 0.6 is 0 Å². The highest BCUT2D eigenvalue weighted by atomic mass is 32.2. The largest absolute Gasteiger partial charge is 0.497 e. The molecule has 7 heteroatoms. The van der Waals surface area contributed by atoms with Gasteiger partial charge in [-0.25, -0.2) is 13.1 Å². The van der Waals surface area contributed by atoms with E-state index in [4.69, 9.17) is 14.2 Å². The van der Waals surface area contributed by atoms with Crippen molar-refractivity contribution >= 4 is 10.0 Å². The molecule has 0 amide bonds. The van der Waals surface area contributed by atoms with Crippen molar-refractivity contribution in [3.63, 3.8) is 0 Å². The van der Waals surface area contributed by atoms with E-state index in [1.165, 1.54) is 20.3 Å². The van der Waals surface area contributed by atoms with Gasteiger partial charge >= 0.3 is 0 Å². The second kappa shape index (κ2) is 6.70. The number of methoxy groups -OCH3 is 2. The lowest BCUT2D eigenvalue weighted by molar-refractivity contribution is 0.254. The molecule has 0 radical (unpaired) electrons. The molecule has 1 aliphatic rings. The minimum atomic E-state index is -3.74. The third-order valence-electron chi connectivity index (χ3n) is 3.86. The molecule has 24 heavy (non-hydrogen) atoms. The molecule has 0 aromatic heterocycles. The summed E-state index contributed by atoms with van der Waals surface area (Å²) < 4.78 is 44.0. The van der Waals surface area contributed by atoms with Gasteiger partial charge in [0, 0.05) is 6.07 Å². The lowest BCUT2D eigenvalue weighted by Crippen LogP contribution is -2.42. The van der Waals surface area contributed by atoms with Crippen LogP contribution < -0.4 is 18.9 Å². The molecule has 6 nitrogen and oxygen atoms in total. The van der Waals surface area contributed by atoms with E-state index in [1.807, 2.05) is 24.3 Å². The van der Waals surface area contributed by atoms with Gasteiger partial charge in [-0.05, 0) is 30.2 Å². The molecule has 0 fully saturated rings. The molecule has 0 bridgehead atoms. The highest BCUT2D eigenvalue weighted by molar-refractivity contribution is 7.89. The van der Waals surface area contributed by atoms with E-state index < -0.39 is 10.0 Å².